The number of thiazole rings is 1. The third kappa shape index (κ3) is 2.58. The standard InChI is InChI=1S/C12H17N3S/c1-15(2)6-5-9-3-4-10-11(7-9)16-12(8-13)14-10/h3-4,7H,5-6,8,13H2,1-2H3. The minimum atomic E-state index is 0.534. The first-order chi connectivity index (χ1) is 7.69. The Kier molecular flexibility index (Phi) is 3.53. The second-order valence-electron chi connectivity index (χ2n) is 4.17. The molecule has 86 valence electrons. The summed E-state index contributed by atoms with van der Waals surface area (Å²) >= 11 is 1.70. The first kappa shape index (κ1) is 11.5. The Bertz CT molecular complexity index is 476. The van der Waals surface area contributed by atoms with Crippen LogP contribution in [0.25, 0.3) is 10.2 Å². The fourth-order valence-electron chi connectivity index (χ4n) is 1.61. The summed E-state index contributed by atoms with van der Waals surface area (Å²) in [6.45, 7) is 1.61. The molecule has 1 heterocycles. The van der Waals surface area contributed by atoms with Crippen molar-refractivity contribution in [3.63, 3.8) is 0 Å². The van der Waals surface area contributed by atoms with E-state index in [4.69, 9.17) is 5.73 Å². The fraction of sp³-hybridized carbons (Fsp3) is 0.417. The molecular weight excluding hydrogens is 218 g/mol. The van der Waals surface area contributed by atoms with Crippen LogP contribution in [0.15, 0.2) is 18.2 Å². The van der Waals surface area contributed by atoms with E-state index in [-0.39, 0.29) is 0 Å². The lowest BCUT2D eigenvalue weighted by Gasteiger charge is -2.08. The number of fused-ring (bicyclic) bond motifs is 1. The van der Waals surface area contributed by atoms with Crippen LogP contribution in [0.3, 0.4) is 0 Å². The molecule has 0 amide bonds. The van der Waals surface area contributed by atoms with Gasteiger partial charge in [0.2, 0.25) is 0 Å². The highest BCUT2D eigenvalue weighted by molar-refractivity contribution is 7.18. The third-order valence-electron chi connectivity index (χ3n) is 2.52. The van der Waals surface area contributed by atoms with Gasteiger partial charge in [0.25, 0.3) is 0 Å². The van der Waals surface area contributed by atoms with Crippen molar-refractivity contribution in [2.75, 3.05) is 20.6 Å². The molecule has 0 radical (unpaired) electrons. The van der Waals surface area contributed by atoms with Crippen LogP contribution in [-0.4, -0.2) is 30.5 Å². The number of hydrogen-bond acceptors (Lipinski definition) is 4. The molecule has 3 nitrogen and oxygen atoms in total. The highest BCUT2D eigenvalue weighted by Crippen LogP contribution is 2.23. The minimum absolute atomic E-state index is 0.534. The van der Waals surface area contributed by atoms with Crippen molar-refractivity contribution in [1.29, 1.82) is 0 Å². The van der Waals surface area contributed by atoms with E-state index in [2.05, 4.69) is 42.2 Å². The van der Waals surface area contributed by atoms with Crippen LogP contribution in [-0.2, 0) is 13.0 Å². The van der Waals surface area contributed by atoms with Gasteiger partial charge in [0.15, 0.2) is 0 Å². The van der Waals surface area contributed by atoms with Crippen LogP contribution < -0.4 is 5.73 Å². The summed E-state index contributed by atoms with van der Waals surface area (Å²) in [5.74, 6) is 0. The predicted octanol–water partition coefficient (Wildman–Crippen LogP) is 1.86. The highest BCUT2D eigenvalue weighted by atomic mass is 32.1. The van der Waals surface area contributed by atoms with Gasteiger partial charge >= 0.3 is 0 Å². The second kappa shape index (κ2) is 4.91. The van der Waals surface area contributed by atoms with E-state index in [1.54, 1.807) is 11.3 Å². The molecule has 1 aromatic heterocycles. The van der Waals surface area contributed by atoms with Gasteiger partial charge in [-0.05, 0) is 38.2 Å². The predicted molar refractivity (Wildman–Crippen MR) is 69.8 cm³/mol. The number of likely N-dealkylation sites (N-methyl/N-ethyl adjacent to an activating group) is 1. The summed E-state index contributed by atoms with van der Waals surface area (Å²) in [4.78, 5) is 6.65. The Balaban J connectivity index is 2.22. The summed E-state index contributed by atoms with van der Waals surface area (Å²) < 4.78 is 1.25. The summed E-state index contributed by atoms with van der Waals surface area (Å²) in [5.41, 5.74) is 8.03. The maximum atomic E-state index is 5.59. The molecule has 16 heavy (non-hydrogen) atoms. The van der Waals surface area contributed by atoms with Gasteiger partial charge in [-0.15, -0.1) is 11.3 Å². The van der Waals surface area contributed by atoms with Crippen molar-refractivity contribution in [3.8, 4) is 0 Å². The molecule has 0 aliphatic carbocycles. The van der Waals surface area contributed by atoms with Crippen LogP contribution in [0.4, 0.5) is 0 Å². The van der Waals surface area contributed by atoms with Gasteiger partial charge in [0.05, 0.1) is 10.2 Å². The van der Waals surface area contributed by atoms with E-state index in [0.717, 1.165) is 23.5 Å². The number of nitrogens with zero attached hydrogens (tertiary/aromatic N) is 2. The smallest absolute Gasteiger partial charge is 0.107 e. The van der Waals surface area contributed by atoms with E-state index < -0.39 is 0 Å². The molecule has 2 N–H and O–H groups in total. The van der Waals surface area contributed by atoms with E-state index in [1.165, 1.54) is 10.3 Å². The van der Waals surface area contributed by atoms with Crippen LogP contribution in [0.1, 0.15) is 10.6 Å². The topological polar surface area (TPSA) is 42.2 Å². The maximum absolute atomic E-state index is 5.59. The fourth-order valence-corrected chi connectivity index (χ4v) is 2.52. The molecule has 2 aromatic rings. The quantitative estimate of drug-likeness (QED) is 0.879. The lowest BCUT2D eigenvalue weighted by molar-refractivity contribution is 0.414. The number of rotatable bonds is 4. The Morgan fingerprint density at radius 2 is 2.19 bits per heavy atom. The average Bonchev–Trinajstić information content (AvgIpc) is 2.68. The van der Waals surface area contributed by atoms with E-state index in [1.807, 2.05) is 0 Å². The van der Waals surface area contributed by atoms with Crippen LogP contribution >= 0.6 is 11.3 Å². The zero-order valence-electron chi connectivity index (χ0n) is 9.73. The number of aromatic nitrogens is 1. The molecule has 0 fully saturated rings. The molecule has 0 saturated carbocycles. The molecule has 0 spiro atoms. The lowest BCUT2D eigenvalue weighted by Crippen LogP contribution is -2.14. The summed E-state index contributed by atoms with van der Waals surface area (Å²) in [6.07, 6.45) is 1.08. The molecule has 0 aliphatic heterocycles. The molecule has 0 aliphatic rings. The minimum Gasteiger partial charge on any atom is -0.325 e. The Morgan fingerprint density at radius 3 is 2.88 bits per heavy atom. The SMILES string of the molecule is CN(C)CCc1ccc2nc(CN)sc2c1. The Labute approximate surface area is 99.9 Å². The zero-order valence-corrected chi connectivity index (χ0v) is 10.5. The van der Waals surface area contributed by atoms with Crippen molar-refractivity contribution in [3.05, 3.63) is 28.8 Å². The normalized spacial score (nSPS) is 11.5. The monoisotopic (exact) mass is 235 g/mol. The average molecular weight is 235 g/mol. The molecule has 0 bridgehead atoms. The molecular formula is C12H17N3S. The Morgan fingerprint density at radius 1 is 1.38 bits per heavy atom. The van der Waals surface area contributed by atoms with Gasteiger partial charge in [0.1, 0.15) is 5.01 Å². The zero-order chi connectivity index (χ0) is 11.5. The first-order valence-corrected chi connectivity index (χ1v) is 6.24. The van der Waals surface area contributed by atoms with E-state index in [9.17, 15) is 0 Å². The number of benzene rings is 1. The largest absolute Gasteiger partial charge is 0.325 e. The summed E-state index contributed by atoms with van der Waals surface area (Å²) in [5, 5.41) is 1.01. The highest BCUT2D eigenvalue weighted by Gasteiger charge is 2.03. The molecule has 4 heteroatoms. The molecule has 1 aromatic carbocycles. The number of hydrogen-bond donors (Lipinski definition) is 1. The molecule has 0 unspecified atom stereocenters. The summed E-state index contributed by atoms with van der Waals surface area (Å²) in [7, 11) is 4.19. The first-order valence-electron chi connectivity index (χ1n) is 5.42. The lowest BCUT2D eigenvalue weighted by atomic mass is 10.1. The maximum Gasteiger partial charge on any atom is 0.107 e. The van der Waals surface area contributed by atoms with Gasteiger partial charge < -0.3 is 10.6 Å². The van der Waals surface area contributed by atoms with E-state index >= 15 is 0 Å². The van der Waals surface area contributed by atoms with Gasteiger partial charge in [-0.3, -0.25) is 0 Å². The third-order valence-corrected chi connectivity index (χ3v) is 3.56. The van der Waals surface area contributed by atoms with Crippen molar-refractivity contribution >= 4 is 21.6 Å². The van der Waals surface area contributed by atoms with Crippen LogP contribution in [0, 0.1) is 0 Å². The van der Waals surface area contributed by atoms with Crippen LogP contribution in [0.5, 0.6) is 0 Å². The van der Waals surface area contributed by atoms with Gasteiger partial charge in [0, 0.05) is 13.1 Å². The van der Waals surface area contributed by atoms with Crippen molar-refractivity contribution < 1.29 is 0 Å². The van der Waals surface area contributed by atoms with Crippen molar-refractivity contribution in [1.82, 2.24) is 9.88 Å². The molecule has 0 saturated heterocycles. The van der Waals surface area contributed by atoms with Crippen LogP contribution in [0.2, 0.25) is 0 Å². The summed E-state index contributed by atoms with van der Waals surface area (Å²) in [6, 6.07) is 6.48. The Hall–Kier alpha value is -0.970. The molecule has 2 rings (SSSR count). The van der Waals surface area contributed by atoms with Gasteiger partial charge in [-0.1, -0.05) is 6.07 Å². The van der Waals surface area contributed by atoms with Crippen molar-refractivity contribution in [2.45, 2.75) is 13.0 Å². The molecule has 0 atom stereocenters. The van der Waals surface area contributed by atoms with Gasteiger partial charge in [-0.25, -0.2) is 4.98 Å². The second-order valence-corrected chi connectivity index (χ2v) is 5.28. The van der Waals surface area contributed by atoms with E-state index in [0.29, 0.717) is 6.54 Å². The van der Waals surface area contributed by atoms with Crippen molar-refractivity contribution in [2.24, 2.45) is 5.73 Å². The van der Waals surface area contributed by atoms with Gasteiger partial charge in [-0.2, -0.15) is 0 Å². The number of nitrogens with two attached hydrogens (primary N) is 1.